The van der Waals surface area contributed by atoms with Crippen molar-refractivity contribution in [3.63, 3.8) is 0 Å². The molecule has 1 rings (SSSR count). The SMILES string of the molecule is NC(=O)CC(N)C(=O)NCCNC(=O)C1CC1. The normalized spacial score (nSPS) is 16.1. The van der Waals surface area contributed by atoms with Crippen LogP contribution < -0.4 is 22.1 Å². The molecule has 0 saturated heterocycles. The monoisotopic (exact) mass is 242 g/mol. The summed E-state index contributed by atoms with van der Waals surface area (Å²) >= 11 is 0. The van der Waals surface area contributed by atoms with E-state index in [9.17, 15) is 14.4 Å². The predicted octanol–water partition coefficient (Wildman–Crippen LogP) is -2.17. The standard InChI is InChI=1S/C10H18N4O3/c11-7(5-8(12)15)10(17)14-4-3-13-9(16)6-1-2-6/h6-7H,1-5,11H2,(H2,12,15)(H,13,16)(H,14,17). The summed E-state index contributed by atoms with van der Waals surface area (Å²) in [4.78, 5) is 33.1. The van der Waals surface area contributed by atoms with Gasteiger partial charge in [0, 0.05) is 19.0 Å². The molecule has 1 unspecified atom stereocenters. The van der Waals surface area contributed by atoms with Gasteiger partial charge in [0.25, 0.3) is 0 Å². The van der Waals surface area contributed by atoms with Crippen molar-refractivity contribution >= 4 is 17.7 Å². The molecule has 7 nitrogen and oxygen atoms in total. The molecule has 0 bridgehead atoms. The molecule has 0 heterocycles. The number of nitrogens with one attached hydrogen (secondary N) is 2. The van der Waals surface area contributed by atoms with Crippen molar-refractivity contribution < 1.29 is 14.4 Å². The summed E-state index contributed by atoms with van der Waals surface area (Å²) in [6.07, 6.45) is 1.71. The van der Waals surface area contributed by atoms with E-state index in [2.05, 4.69) is 10.6 Å². The topological polar surface area (TPSA) is 127 Å². The summed E-state index contributed by atoms with van der Waals surface area (Å²) in [5.41, 5.74) is 10.3. The summed E-state index contributed by atoms with van der Waals surface area (Å²) < 4.78 is 0. The third-order valence-electron chi connectivity index (χ3n) is 2.43. The number of hydrogen-bond acceptors (Lipinski definition) is 4. The van der Waals surface area contributed by atoms with E-state index in [1.165, 1.54) is 0 Å². The summed E-state index contributed by atoms with van der Waals surface area (Å²) in [5.74, 6) is -0.873. The Morgan fingerprint density at radius 3 is 2.29 bits per heavy atom. The minimum absolute atomic E-state index is 0.0284. The van der Waals surface area contributed by atoms with Crippen LogP contribution in [0, 0.1) is 5.92 Å². The lowest BCUT2D eigenvalue weighted by molar-refractivity contribution is -0.126. The predicted molar refractivity (Wildman–Crippen MR) is 60.5 cm³/mol. The van der Waals surface area contributed by atoms with Crippen LogP contribution in [0.2, 0.25) is 0 Å². The highest BCUT2D eigenvalue weighted by atomic mass is 16.2. The molecule has 1 aliphatic carbocycles. The fourth-order valence-electron chi connectivity index (χ4n) is 1.30. The third-order valence-corrected chi connectivity index (χ3v) is 2.43. The van der Waals surface area contributed by atoms with Gasteiger partial charge in [-0.25, -0.2) is 0 Å². The first kappa shape index (κ1) is 13.4. The third kappa shape index (κ3) is 5.30. The lowest BCUT2D eigenvalue weighted by Gasteiger charge is -2.10. The van der Waals surface area contributed by atoms with E-state index in [0.29, 0.717) is 13.1 Å². The van der Waals surface area contributed by atoms with E-state index >= 15 is 0 Å². The van der Waals surface area contributed by atoms with Crippen molar-refractivity contribution in [3.8, 4) is 0 Å². The molecule has 0 spiro atoms. The highest BCUT2D eigenvalue weighted by Crippen LogP contribution is 2.28. The molecule has 96 valence electrons. The van der Waals surface area contributed by atoms with Crippen molar-refractivity contribution in [2.24, 2.45) is 17.4 Å². The Morgan fingerprint density at radius 1 is 1.18 bits per heavy atom. The van der Waals surface area contributed by atoms with E-state index in [-0.39, 0.29) is 18.2 Å². The van der Waals surface area contributed by atoms with Gasteiger partial charge in [-0.05, 0) is 12.8 Å². The second kappa shape index (κ2) is 6.19. The van der Waals surface area contributed by atoms with E-state index < -0.39 is 17.9 Å². The molecular formula is C10H18N4O3. The van der Waals surface area contributed by atoms with Gasteiger partial charge in [0.2, 0.25) is 17.7 Å². The molecule has 6 N–H and O–H groups in total. The van der Waals surface area contributed by atoms with E-state index in [1.807, 2.05) is 0 Å². The maximum atomic E-state index is 11.3. The van der Waals surface area contributed by atoms with Crippen LogP contribution in [0.4, 0.5) is 0 Å². The van der Waals surface area contributed by atoms with Gasteiger partial charge in [0.15, 0.2) is 0 Å². The van der Waals surface area contributed by atoms with Gasteiger partial charge in [0.1, 0.15) is 0 Å². The summed E-state index contributed by atoms with van der Waals surface area (Å²) in [5, 5.41) is 5.21. The highest BCUT2D eigenvalue weighted by molar-refractivity contribution is 5.87. The molecule has 0 aromatic carbocycles. The van der Waals surface area contributed by atoms with Crippen LogP contribution in [0.15, 0.2) is 0 Å². The van der Waals surface area contributed by atoms with Gasteiger partial charge in [-0.15, -0.1) is 0 Å². The number of amides is 3. The molecule has 1 fully saturated rings. The minimum Gasteiger partial charge on any atom is -0.370 e. The van der Waals surface area contributed by atoms with Gasteiger partial charge >= 0.3 is 0 Å². The Morgan fingerprint density at radius 2 is 1.76 bits per heavy atom. The molecule has 1 saturated carbocycles. The number of carbonyl (C=O) groups excluding carboxylic acids is 3. The Hall–Kier alpha value is -1.63. The summed E-state index contributed by atoms with van der Waals surface area (Å²) in [6, 6.07) is -0.924. The van der Waals surface area contributed by atoms with Crippen LogP contribution in [-0.2, 0) is 14.4 Å². The lowest BCUT2D eigenvalue weighted by atomic mass is 10.2. The van der Waals surface area contributed by atoms with Crippen molar-refractivity contribution in [2.75, 3.05) is 13.1 Å². The average molecular weight is 242 g/mol. The zero-order valence-corrected chi connectivity index (χ0v) is 9.57. The largest absolute Gasteiger partial charge is 0.370 e. The van der Waals surface area contributed by atoms with E-state index in [0.717, 1.165) is 12.8 Å². The van der Waals surface area contributed by atoms with Crippen molar-refractivity contribution in [1.29, 1.82) is 0 Å². The molecule has 0 aromatic heterocycles. The van der Waals surface area contributed by atoms with Gasteiger partial charge < -0.3 is 22.1 Å². The first-order valence-electron chi connectivity index (χ1n) is 5.60. The van der Waals surface area contributed by atoms with Gasteiger partial charge in [-0.2, -0.15) is 0 Å². The molecule has 17 heavy (non-hydrogen) atoms. The number of hydrogen-bond donors (Lipinski definition) is 4. The molecule has 3 amide bonds. The Balaban J connectivity index is 2.06. The highest BCUT2D eigenvalue weighted by Gasteiger charge is 2.29. The lowest BCUT2D eigenvalue weighted by Crippen LogP contribution is -2.45. The molecule has 0 radical (unpaired) electrons. The second-order valence-corrected chi connectivity index (χ2v) is 4.13. The Kier molecular flexibility index (Phi) is 4.89. The van der Waals surface area contributed by atoms with Crippen molar-refractivity contribution in [1.82, 2.24) is 10.6 Å². The van der Waals surface area contributed by atoms with Gasteiger partial charge in [0.05, 0.1) is 12.5 Å². The summed E-state index contributed by atoms with van der Waals surface area (Å²) in [6.45, 7) is 0.661. The number of primary amides is 1. The molecule has 1 atom stereocenters. The first-order valence-corrected chi connectivity index (χ1v) is 5.60. The Bertz CT molecular complexity index is 315. The molecule has 1 aliphatic rings. The maximum Gasteiger partial charge on any atom is 0.237 e. The molecular weight excluding hydrogens is 224 g/mol. The van der Waals surface area contributed by atoms with Crippen LogP contribution in [0.25, 0.3) is 0 Å². The zero-order valence-electron chi connectivity index (χ0n) is 9.57. The zero-order chi connectivity index (χ0) is 12.8. The van der Waals surface area contributed by atoms with Gasteiger partial charge in [-0.3, -0.25) is 14.4 Å². The van der Waals surface area contributed by atoms with Gasteiger partial charge in [-0.1, -0.05) is 0 Å². The van der Waals surface area contributed by atoms with Crippen LogP contribution in [-0.4, -0.2) is 36.9 Å². The first-order chi connectivity index (χ1) is 8.00. The van der Waals surface area contributed by atoms with Crippen LogP contribution in [0.1, 0.15) is 19.3 Å². The van der Waals surface area contributed by atoms with Crippen molar-refractivity contribution in [3.05, 3.63) is 0 Å². The number of nitrogens with two attached hydrogens (primary N) is 2. The molecule has 7 heteroatoms. The minimum atomic E-state index is -0.924. The van der Waals surface area contributed by atoms with Crippen LogP contribution >= 0.6 is 0 Å². The average Bonchev–Trinajstić information content (AvgIpc) is 3.06. The fraction of sp³-hybridized carbons (Fsp3) is 0.700. The quantitative estimate of drug-likeness (QED) is 0.379. The Labute approximate surface area is 99.3 Å². The van der Waals surface area contributed by atoms with Crippen LogP contribution in [0.5, 0.6) is 0 Å². The molecule has 0 aliphatic heterocycles. The number of carbonyl (C=O) groups is 3. The maximum absolute atomic E-state index is 11.3. The summed E-state index contributed by atoms with van der Waals surface area (Å²) in [7, 11) is 0. The fourth-order valence-corrected chi connectivity index (χ4v) is 1.30. The van der Waals surface area contributed by atoms with E-state index in [1.54, 1.807) is 0 Å². The smallest absolute Gasteiger partial charge is 0.237 e. The van der Waals surface area contributed by atoms with Crippen LogP contribution in [0.3, 0.4) is 0 Å². The van der Waals surface area contributed by atoms with E-state index in [4.69, 9.17) is 11.5 Å². The van der Waals surface area contributed by atoms with Crippen molar-refractivity contribution in [2.45, 2.75) is 25.3 Å². The second-order valence-electron chi connectivity index (χ2n) is 4.13. The number of rotatable bonds is 7. The molecule has 0 aromatic rings.